The summed E-state index contributed by atoms with van der Waals surface area (Å²) in [6, 6.07) is 18.1. The van der Waals surface area contributed by atoms with Crippen LogP contribution in [0.2, 0.25) is 0 Å². The van der Waals surface area contributed by atoms with E-state index in [1.807, 2.05) is 0 Å². The minimum Gasteiger partial charge on any atom is -0.457 e. The van der Waals surface area contributed by atoms with Crippen molar-refractivity contribution >= 4 is 15.7 Å². The van der Waals surface area contributed by atoms with Crippen LogP contribution in [-0.2, 0) is 16.6 Å². The minimum absolute atomic E-state index is 0.0737. The summed E-state index contributed by atoms with van der Waals surface area (Å²) in [6.45, 7) is 0.249. The van der Waals surface area contributed by atoms with Gasteiger partial charge in [0.15, 0.2) is 5.82 Å². The van der Waals surface area contributed by atoms with Crippen molar-refractivity contribution in [1.29, 1.82) is 0 Å². The Balaban J connectivity index is 1.45. The van der Waals surface area contributed by atoms with Crippen LogP contribution in [0.3, 0.4) is 0 Å². The number of rotatable bonds is 7. The fourth-order valence-electron chi connectivity index (χ4n) is 2.74. The highest BCUT2D eigenvalue weighted by molar-refractivity contribution is 7.92. The number of aromatic amines is 1. The largest absolute Gasteiger partial charge is 0.457 e. The van der Waals surface area contributed by atoms with Crippen LogP contribution in [0, 0.1) is 5.82 Å². The lowest BCUT2D eigenvalue weighted by Crippen LogP contribution is -2.12. The molecule has 0 aliphatic rings. The molecule has 0 bridgehead atoms. The van der Waals surface area contributed by atoms with E-state index in [1.165, 1.54) is 48.5 Å². The summed E-state index contributed by atoms with van der Waals surface area (Å²) < 4.78 is 46.4. The van der Waals surface area contributed by atoms with Crippen LogP contribution < -0.4 is 15.2 Å². The molecule has 0 fully saturated rings. The zero-order valence-electron chi connectivity index (χ0n) is 16.1. The fraction of sp³-hybridized carbons (Fsp3) is 0.0476. The third kappa shape index (κ3) is 4.87. The summed E-state index contributed by atoms with van der Waals surface area (Å²) in [5.41, 5.74) is 6.63. The Hall–Kier alpha value is -3.76. The second kappa shape index (κ2) is 8.54. The average Bonchev–Trinajstić information content (AvgIpc) is 3.25. The highest BCUT2D eigenvalue weighted by Crippen LogP contribution is 2.25. The van der Waals surface area contributed by atoms with Crippen molar-refractivity contribution in [2.24, 2.45) is 5.73 Å². The maximum Gasteiger partial charge on any atom is 0.261 e. The van der Waals surface area contributed by atoms with Gasteiger partial charge in [-0.05, 0) is 72.8 Å². The van der Waals surface area contributed by atoms with Crippen LogP contribution in [0.5, 0.6) is 11.5 Å². The van der Waals surface area contributed by atoms with Crippen molar-refractivity contribution in [2.45, 2.75) is 11.4 Å². The van der Waals surface area contributed by atoms with Crippen molar-refractivity contribution in [2.75, 3.05) is 4.72 Å². The topological polar surface area (TPSA) is 123 Å². The quantitative estimate of drug-likeness (QED) is 0.404. The molecular weight excluding hydrogens is 421 g/mol. The van der Waals surface area contributed by atoms with Gasteiger partial charge in [-0.2, -0.15) is 5.10 Å². The molecular formula is C21H18FN5O3S. The summed E-state index contributed by atoms with van der Waals surface area (Å²) in [7, 11) is -3.79. The van der Waals surface area contributed by atoms with E-state index >= 15 is 0 Å². The number of hydrogen-bond acceptors (Lipinski definition) is 6. The number of sulfonamides is 1. The molecule has 0 aliphatic heterocycles. The third-order valence-electron chi connectivity index (χ3n) is 4.30. The Bertz CT molecular complexity index is 1270. The lowest BCUT2D eigenvalue weighted by Gasteiger charge is -2.10. The van der Waals surface area contributed by atoms with Gasteiger partial charge in [0.05, 0.1) is 11.4 Å². The average molecular weight is 439 g/mol. The molecule has 3 aromatic carbocycles. The van der Waals surface area contributed by atoms with E-state index in [4.69, 9.17) is 10.5 Å². The standard InChI is InChI=1S/C21H18FN5O3S/c22-15-3-7-17(8-4-15)30-18-9-11-19(12-10-18)31(28,29)27-16-5-1-14(2-6-16)21-24-20(13-23)25-26-21/h1-12,27H,13,23H2,(H,24,25,26). The minimum atomic E-state index is -3.79. The van der Waals surface area contributed by atoms with E-state index in [9.17, 15) is 12.8 Å². The molecule has 31 heavy (non-hydrogen) atoms. The molecule has 0 atom stereocenters. The van der Waals surface area contributed by atoms with Crippen molar-refractivity contribution in [1.82, 2.24) is 15.2 Å². The van der Waals surface area contributed by atoms with E-state index in [2.05, 4.69) is 19.9 Å². The number of H-pyrrole nitrogens is 1. The Morgan fingerprint density at radius 3 is 2.13 bits per heavy atom. The Labute approximate surface area is 178 Å². The van der Waals surface area contributed by atoms with Crippen molar-refractivity contribution in [3.63, 3.8) is 0 Å². The zero-order chi connectivity index (χ0) is 21.8. The summed E-state index contributed by atoms with van der Waals surface area (Å²) >= 11 is 0. The number of benzene rings is 3. The third-order valence-corrected chi connectivity index (χ3v) is 5.70. The molecule has 0 spiro atoms. The molecule has 4 aromatic rings. The van der Waals surface area contributed by atoms with E-state index < -0.39 is 10.0 Å². The number of nitrogens with two attached hydrogens (primary N) is 1. The highest BCUT2D eigenvalue weighted by Gasteiger charge is 2.15. The summed E-state index contributed by atoms with van der Waals surface area (Å²) in [5, 5.41) is 6.79. The number of anilines is 1. The first-order chi connectivity index (χ1) is 14.9. The second-order valence-corrected chi connectivity index (χ2v) is 8.20. The van der Waals surface area contributed by atoms with E-state index in [-0.39, 0.29) is 17.3 Å². The number of nitrogens with one attached hydrogen (secondary N) is 2. The smallest absolute Gasteiger partial charge is 0.261 e. The number of ether oxygens (including phenoxy) is 1. The normalized spacial score (nSPS) is 11.3. The molecule has 0 saturated carbocycles. The highest BCUT2D eigenvalue weighted by atomic mass is 32.2. The van der Waals surface area contributed by atoms with Gasteiger partial charge in [0.25, 0.3) is 10.0 Å². The Kier molecular flexibility index (Phi) is 5.65. The van der Waals surface area contributed by atoms with Gasteiger partial charge in [-0.15, -0.1) is 0 Å². The van der Waals surface area contributed by atoms with Crippen LogP contribution in [0.1, 0.15) is 5.82 Å². The van der Waals surface area contributed by atoms with Crippen LogP contribution in [0.15, 0.2) is 77.7 Å². The van der Waals surface area contributed by atoms with Gasteiger partial charge in [-0.1, -0.05) is 0 Å². The number of aromatic nitrogens is 3. The van der Waals surface area contributed by atoms with Crippen molar-refractivity contribution in [3.05, 3.63) is 84.4 Å². The maximum atomic E-state index is 13.0. The Morgan fingerprint density at radius 1 is 0.935 bits per heavy atom. The van der Waals surface area contributed by atoms with Gasteiger partial charge in [-0.3, -0.25) is 9.82 Å². The lowest BCUT2D eigenvalue weighted by molar-refractivity contribution is 0.480. The molecule has 1 heterocycles. The molecule has 0 aliphatic carbocycles. The summed E-state index contributed by atoms with van der Waals surface area (Å²) in [6.07, 6.45) is 0. The molecule has 0 unspecified atom stereocenters. The fourth-order valence-corrected chi connectivity index (χ4v) is 3.80. The number of nitrogens with zero attached hydrogens (tertiary/aromatic N) is 2. The number of hydrogen-bond donors (Lipinski definition) is 3. The van der Waals surface area contributed by atoms with Crippen molar-refractivity contribution < 1.29 is 17.5 Å². The first-order valence-corrected chi connectivity index (χ1v) is 10.7. The van der Waals surface area contributed by atoms with Gasteiger partial charge >= 0.3 is 0 Å². The molecule has 1 aromatic heterocycles. The summed E-state index contributed by atoms with van der Waals surface area (Å²) in [5.74, 6) is 1.55. The lowest BCUT2D eigenvalue weighted by atomic mass is 10.2. The summed E-state index contributed by atoms with van der Waals surface area (Å²) in [4.78, 5) is 4.31. The first kappa shape index (κ1) is 20.5. The molecule has 4 rings (SSSR count). The van der Waals surface area contributed by atoms with Crippen molar-refractivity contribution in [3.8, 4) is 22.9 Å². The van der Waals surface area contributed by atoms with E-state index in [0.717, 1.165) is 5.56 Å². The van der Waals surface area contributed by atoms with Crippen LogP contribution in [0.25, 0.3) is 11.4 Å². The van der Waals surface area contributed by atoms with E-state index in [0.29, 0.717) is 28.8 Å². The first-order valence-electron chi connectivity index (χ1n) is 9.21. The molecule has 0 radical (unpaired) electrons. The van der Waals surface area contributed by atoms with Gasteiger partial charge in [0.1, 0.15) is 23.1 Å². The second-order valence-electron chi connectivity index (χ2n) is 6.52. The SMILES string of the molecule is NCc1nc(-c2ccc(NS(=O)(=O)c3ccc(Oc4ccc(F)cc4)cc3)cc2)n[nH]1. The van der Waals surface area contributed by atoms with Gasteiger partial charge < -0.3 is 10.5 Å². The van der Waals surface area contributed by atoms with Crippen LogP contribution >= 0.6 is 0 Å². The van der Waals surface area contributed by atoms with Crippen LogP contribution in [-0.4, -0.2) is 23.6 Å². The predicted octanol–water partition coefficient (Wildman–Crippen LogP) is 3.66. The maximum absolute atomic E-state index is 13.0. The monoisotopic (exact) mass is 439 g/mol. The molecule has 0 amide bonds. The van der Waals surface area contributed by atoms with E-state index in [1.54, 1.807) is 24.3 Å². The van der Waals surface area contributed by atoms with Gasteiger partial charge in [0.2, 0.25) is 0 Å². The van der Waals surface area contributed by atoms with Crippen LogP contribution in [0.4, 0.5) is 10.1 Å². The molecule has 158 valence electrons. The number of halogens is 1. The molecule has 0 saturated heterocycles. The molecule has 10 heteroatoms. The predicted molar refractivity (Wildman–Crippen MR) is 113 cm³/mol. The Morgan fingerprint density at radius 2 is 1.55 bits per heavy atom. The van der Waals surface area contributed by atoms with Gasteiger partial charge in [-0.25, -0.2) is 17.8 Å². The molecule has 4 N–H and O–H groups in total. The zero-order valence-corrected chi connectivity index (χ0v) is 16.9. The molecule has 8 nitrogen and oxygen atoms in total. The van der Waals surface area contributed by atoms with Gasteiger partial charge in [0, 0.05) is 11.3 Å².